The summed E-state index contributed by atoms with van der Waals surface area (Å²) in [5, 5.41) is 2.82. The Morgan fingerprint density at radius 3 is 2.33 bits per heavy atom. The van der Waals surface area contributed by atoms with Gasteiger partial charge in [-0.2, -0.15) is 13.2 Å². The molecule has 2 unspecified atom stereocenters. The lowest BCUT2D eigenvalue weighted by Gasteiger charge is -2.36. The number of nitrogens with zero attached hydrogens (tertiary/aromatic N) is 2. The van der Waals surface area contributed by atoms with Gasteiger partial charge in [-0.3, -0.25) is 9.69 Å². The first kappa shape index (κ1) is 19.5. The number of carbonyl (C=O) groups excluding carboxylic acids is 1. The van der Waals surface area contributed by atoms with Gasteiger partial charge in [0, 0.05) is 38.8 Å². The van der Waals surface area contributed by atoms with Crippen LogP contribution in [-0.2, 0) is 4.79 Å². The Bertz CT molecular complexity index is 406. The molecule has 24 heavy (non-hydrogen) atoms. The molecule has 0 spiro atoms. The zero-order chi connectivity index (χ0) is 17.7. The van der Waals surface area contributed by atoms with Crippen molar-refractivity contribution in [2.45, 2.75) is 51.7 Å². The highest BCUT2D eigenvalue weighted by atomic mass is 19.4. The average Bonchev–Trinajstić information content (AvgIpc) is 2.48. The van der Waals surface area contributed by atoms with Gasteiger partial charge in [-0.25, -0.2) is 0 Å². The van der Waals surface area contributed by atoms with Crippen LogP contribution in [0.25, 0.3) is 0 Å². The fourth-order valence-corrected chi connectivity index (χ4v) is 3.74. The van der Waals surface area contributed by atoms with Crippen LogP contribution in [0.1, 0.15) is 39.5 Å². The molecule has 140 valence electrons. The van der Waals surface area contributed by atoms with Crippen LogP contribution >= 0.6 is 0 Å². The standard InChI is InChI=1S/C17H30F3N3O/c1-13(2)11-22-6-8-23(9-7-22)12-16(24)21-15-5-3-4-14(10-15)17(18,19)20/h13-15H,3-12H2,1-2H3,(H,21,24). The van der Waals surface area contributed by atoms with E-state index in [1.165, 1.54) is 0 Å². The number of rotatable bonds is 5. The predicted molar refractivity (Wildman–Crippen MR) is 87.7 cm³/mol. The minimum atomic E-state index is -4.14. The predicted octanol–water partition coefficient (Wildman–Crippen LogP) is 2.50. The molecule has 1 saturated carbocycles. The van der Waals surface area contributed by atoms with E-state index in [1.54, 1.807) is 0 Å². The van der Waals surface area contributed by atoms with Gasteiger partial charge in [0.15, 0.2) is 0 Å². The van der Waals surface area contributed by atoms with Crippen molar-refractivity contribution >= 4 is 5.91 Å². The lowest BCUT2D eigenvalue weighted by Crippen LogP contribution is -2.51. The van der Waals surface area contributed by atoms with Crippen LogP contribution in [0.15, 0.2) is 0 Å². The third-order valence-electron chi connectivity index (χ3n) is 4.96. The number of halogens is 3. The Balaban J connectivity index is 1.70. The zero-order valence-electron chi connectivity index (χ0n) is 14.7. The van der Waals surface area contributed by atoms with Gasteiger partial charge in [-0.1, -0.05) is 20.3 Å². The molecule has 2 atom stereocenters. The van der Waals surface area contributed by atoms with Gasteiger partial charge in [0.2, 0.25) is 5.91 Å². The second-order valence-electron chi connectivity index (χ2n) is 7.64. The Morgan fingerprint density at radius 2 is 1.75 bits per heavy atom. The van der Waals surface area contributed by atoms with Gasteiger partial charge in [-0.05, 0) is 25.2 Å². The quantitative estimate of drug-likeness (QED) is 0.828. The first-order valence-electron chi connectivity index (χ1n) is 9.05. The summed E-state index contributed by atoms with van der Waals surface area (Å²) in [7, 11) is 0. The van der Waals surface area contributed by atoms with E-state index in [2.05, 4.69) is 29.0 Å². The van der Waals surface area contributed by atoms with Crippen molar-refractivity contribution in [2.24, 2.45) is 11.8 Å². The first-order chi connectivity index (χ1) is 11.2. The number of nitrogens with one attached hydrogen (secondary N) is 1. The van der Waals surface area contributed by atoms with Gasteiger partial charge in [0.05, 0.1) is 12.5 Å². The SMILES string of the molecule is CC(C)CN1CCN(CC(=O)NC2CCCC(C(F)(F)F)C2)CC1. The fourth-order valence-electron chi connectivity index (χ4n) is 3.74. The molecular weight excluding hydrogens is 319 g/mol. The number of amides is 1. The highest BCUT2D eigenvalue weighted by Crippen LogP contribution is 2.37. The van der Waals surface area contributed by atoms with Gasteiger partial charge in [0.25, 0.3) is 0 Å². The van der Waals surface area contributed by atoms with E-state index in [-0.39, 0.29) is 24.8 Å². The molecular formula is C17H30F3N3O. The summed E-state index contributed by atoms with van der Waals surface area (Å²) in [6.07, 6.45) is -2.75. The summed E-state index contributed by atoms with van der Waals surface area (Å²) in [4.78, 5) is 16.6. The van der Waals surface area contributed by atoms with Crippen molar-refractivity contribution < 1.29 is 18.0 Å². The molecule has 4 nitrogen and oxygen atoms in total. The maximum atomic E-state index is 12.8. The number of alkyl halides is 3. The van der Waals surface area contributed by atoms with Crippen molar-refractivity contribution in [3.8, 4) is 0 Å². The van der Waals surface area contributed by atoms with E-state index < -0.39 is 12.1 Å². The van der Waals surface area contributed by atoms with E-state index in [4.69, 9.17) is 0 Å². The second kappa shape index (κ2) is 8.52. The smallest absolute Gasteiger partial charge is 0.352 e. The van der Waals surface area contributed by atoms with Crippen LogP contribution in [0.2, 0.25) is 0 Å². The second-order valence-corrected chi connectivity index (χ2v) is 7.64. The third kappa shape index (κ3) is 6.24. The summed E-state index contributed by atoms with van der Waals surface area (Å²) in [5.41, 5.74) is 0. The molecule has 1 N–H and O–H groups in total. The summed E-state index contributed by atoms with van der Waals surface area (Å²) in [6.45, 7) is 9.34. The zero-order valence-corrected chi connectivity index (χ0v) is 14.7. The maximum Gasteiger partial charge on any atom is 0.391 e. The topological polar surface area (TPSA) is 35.6 Å². The normalized spacial score (nSPS) is 27.4. The highest BCUT2D eigenvalue weighted by Gasteiger charge is 2.42. The Labute approximate surface area is 142 Å². The lowest BCUT2D eigenvalue weighted by molar-refractivity contribution is -0.184. The van der Waals surface area contributed by atoms with Crippen molar-refractivity contribution in [1.82, 2.24) is 15.1 Å². The molecule has 2 fully saturated rings. The molecule has 0 bridgehead atoms. The van der Waals surface area contributed by atoms with Crippen LogP contribution in [-0.4, -0.2) is 67.2 Å². The van der Waals surface area contributed by atoms with Crippen LogP contribution in [0, 0.1) is 11.8 Å². The van der Waals surface area contributed by atoms with Crippen molar-refractivity contribution in [3.05, 3.63) is 0 Å². The molecule has 0 aromatic rings. The lowest BCUT2D eigenvalue weighted by atomic mass is 9.85. The fraction of sp³-hybridized carbons (Fsp3) is 0.941. The molecule has 1 amide bonds. The number of hydrogen-bond donors (Lipinski definition) is 1. The maximum absolute atomic E-state index is 12.8. The van der Waals surface area contributed by atoms with Crippen LogP contribution < -0.4 is 5.32 Å². The van der Waals surface area contributed by atoms with E-state index in [0.717, 1.165) is 32.7 Å². The Hall–Kier alpha value is -0.820. The van der Waals surface area contributed by atoms with E-state index >= 15 is 0 Å². The molecule has 1 heterocycles. The highest BCUT2D eigenvalue weighted by molar-refractivity contribution is 5.78. The molecule has 2 rings (SSSR count). The monoisotopic (exact) mass is 349 g/mol. The summed E-state index contributed by atoms with van der Waals surface area (Å²) >= 11 is 0. The van der Waals surface area contributed by atoms with Crippen molar-refractivity contribution in [2.75, 3.05) is 39.3 Å². The van der Waals surface area contributed by atoms with Crippen LogP contribution in [0.5, 0.6) is 0 Å². The third-order valence-corrected chi connectivity index (χ3v) is 4.96. The largest absolute Gasteiger partial charge is 0.391 e. The van der Waals surface area contributed by atoms with E-state index in [9.17, 15) is 18.0 Å². The van der Waals surface area contributed by atoms with Crippen LogP contribution in [0.4, 0.5) is 13.2 Å². The Morgan fingerprint density at radius 1 is 1.12 bits per heavy atom. The average molecular weight is 349 g/mol. The van der Waals surface area contributed by atoms with Gasteiger partial charge < -0.3 is 10.2 Å². The number of carbonyl (C=O) groups is 1. The molecule has 0 aromatic carbocycles. The molecule has 1 aliphatic carbocycles. The molecule has 2 aliphatic rings. The molecule has 0 radical (unpaired) electrons. The van der Waals surface area contributed by atoms with E-state index in [0.29, 0.717) is 25.3 Å². The van der Waals surface area contributed by atoms with E-state index in [1.807, 2.05) is 0 Å². The van der Waals surface area contributed by atoms with Crippen LogP contribution in [0.3, 0.4) is 0 Å². The summed E-state index contributed by atoms with van der Waals surface area (Å²) in [5.74, 6) is -0.774. The van der Waals surface area contributed by atoms with Gasteiger partial charge in [0.1, 0.15) is 0 Å². The molecule has 1 saturated heterocycles. The number of piperazine rings is 1. The van der Waals surface area contributed by atoms with Gasteiger partial charge >= 0.3 is 6.18 Å². The minimum absolute atomic E-state index is 0.0252. The first-order valence-corrected chi connectivity index (χ1v) is 9.05. The van der Waals surface area contributed by atoms with Crippen molar-refractivity contribution in [1.29, 1.82) is 0 Å². The summed E-state index contributed by atoms with van der Waals surface area (Å²) < 4.78 is 38.5. The number of hydrogen-bond acceptors (Lipinski definition) is 3. The Kier molecular flexibility index (Phi) is 6.92. The summed E-state index contributed by atoms with van der Waals surface area (Å²) in [6, 6.07) is -0.333. The van der Waals surface area contributed by atoms with Gasteiger partial charge in [-0.15, -0.1) is 0 Å². The minimum Gasteiger partial charge on any atom is -0.352 e. The molecule has 7 heteroatoms. The molecule has 0 aromatic heterocycles. The van der Waals surface area contributed by atoms with Crippen molar-refractivity contribution in [3.63, 3.8) is 0 Å². The molecule has 1 aliphatic heterocycles.